The lowest BCUT2D eigenvalue weighted by molar-refractivity contribution is 0.393. The summed E-state index contributed by atoms with van der Waals surface area (Å²) in [7, 11) is 0. The standard InChI is InChI=1S/C13H16N2O/c1-4-14-12-7-5-6-11(8-12)13-9(2)15-16-10(13)3/h5-8,14H,4H2,1-3H3. The predicted molar refractivity (Wildman–Crippen MR) is 65.6 cm³/mol. The summed E-state index contributed by atoms with van der Waals surface area (Å²) in [5.41, 5.74) is 4.31. The summed E-state index contributed by atoms with van der Waals surface area (Å²) < 4.78 is 5.18. The molecule has 3 nitrogen and oxygen atoms in total. The maximum absolute atomic E-state index is 5.18. The minimum Gasteiger partial charge on any atom is -0.385 e. The SMILES string of the molecule is CCNc1cccc(-c2c(C)noc2C)c1. The molecular formula is C13H16N2O. The van der Waals surface area contributed by atoms with E-state index in [0.29, 0.717) is 0 Å². The first-order valence-electron chi connectivity index (χ1n) is 5.49. The van der Waals surface area contributed by atoms with Crippen molar-refractivity contribution in [3.63, 3.8) is 0 Å². The lowest BCUT2D eigenvalue weighted by Crippen LogP contribution is -1.96. The third kappa shape index (κ3) is 1.94. The molecule has 0 spiro atoms. The summed E-state index contributed by atoms with van der Waals surface area (Å²) >= 11 is 0. The fourth-order valence-corrected chi connectivity index (χ4v) is 1.88. The fraction of sp³-hybridized carbons (Fsp3) is 0.308. The van der Waals surface area contributed by atoms with E-state index in [-0.39, 0.29) is 0 Å². The van der Waals surface area contributed by atoms with Crippen LogP contribution in [0.5, 0.6) is 0 Å². The summed E-state index contributed by atoms with van der Waals surface area (Å²) in [6, 6.07) is 8.30. The van der Waals surface area contributed by atoms with Crippen LogP contribution in [0.15, 0.2) is 28.8 Å². The molecule has 1 heterocycles. The van der Waals surface area contributed by atoms with Crippen LogP contribution >= 0.6 is 0 Å². The van der Waals surface area contributed by atoms with Gasteiger partial charge in [0.15, 0.2) is 0 Å². The van der Waals surface area contributed by atoms with Crippen molar-refractivity contribution in [3.8, 4) is 11.1 Å². The third-order valence-electron chi connectivity index (χ3n) is 2.57. The van der Waals surface area contributed by atoms with Crippen molar-refractivity contribution in [2.24, 2.45) is 0 Å². The van der Waals surface area contributed by atoms with Gasteiger partial charge in [0.2, 0.25) is 0 Å². The van der Waals surface area contributed by atoms with E-state index in [9.17, 15) is 0 Å². The monoisotopic (exact) mass is 216 g/mol. The molecule has 0 unspecified atom stereocenters. The third-order valence-corrected chi connectivity index (χ3v) is 2.57. The van der Waals surface area contributed by atoms with Crippen LogP contribution in [0.1, 0.15) is 18.4 Å². The highest BCUT2D eigenvalue weighted by Crippen LogP contribution is 2.28. The number of benzene rings is 1. The molecule has 1 aromatic carbocycles. The second-order valence-corrected chi connectivity index (χ2v) is 3.81. The molecule has 2 aromatic rings. The summed E-state index contributed by atoms with van der Waals surface area (Å²) in [6.07, 6.45) is 0. The average molecular weight is 216 g/mol. The summed E-state index contributed by atoms with van der Waals surface area (Å²) in [5.74, 6) is 0.867. The van der Waals surface area contributed by atoms with E-state index in [4.69, 9.17) is 4.52 Å². The molecule has 0 aliphatic rings. The van der Waals surface area contributed by atoms with Crippen LogP contribution in [0.3, 0.4) is 0 Å². The Balaban J connectivity index is 2.44. The van der Waals surface area contributed by atoms with Gasteiger partial charge >= 0.3 is 0 Å². The lowest BCUT2D eigenvalue weighted by Gasteiger charge is -2.05. The van der Waals surface area contributed by atoms with Crippen LogP contribution in [-0.2, 0) is 0 Å². The van der Waals surface area contributed by atoms with Gasteiger partial charge < -0.3 is 9.84 Å². The van der Waals surface area contributed by atoms with Crippen molar-refractivity contribution in [2.45, 2.75) is 20.8 Å². The van der Waals surface area contributed by atoms with Gasteiger partial charge in [0.05, 0.1) is 5.69 Å². The first-order chi connectivity index (χ1) is 7.72. The summed E-state index contributed by atoms with van der Waals surface area (Å²) in [6.45, 7) is 6.91. The normalized spacial score (nSPS) is 10.4. The van der Waals surface area contributed by atoms with Crippen LogP contribution in [-0.4, -0.2) is 11.7 Å². The molecule has 1 aromatic heterocycles. The van der Waals surface area contributed by atoms with Crippen molar-refractivity contribution >= 4 is 5.69 Å². The van der Waals surface area contributed by atoms with Gasteiger partial charge in [-0.3, -0.25) is 0 Å². The summed E-state index contributed by atoms with van der Waals surface area (Å²) in [4.78, 5) is 0. The minimum absolute atomic E-state index is 0.867. The first kappa shape index (κ1) is 10.7. The largest absolute Gasteiger partial charge is 0.385 e. The Morgan fingerprint density at radius 3 is 2.75 bits per heavy atom. The molecule has 84 valence electrons. The van der Waals surface area contributed by atoms with E-state index < -0.39 is 0 Å². The highest BCUT2D eigenvalue weighted by molar-refractivity contribution is 5.71. The maximum Gasteiger partial charge on any atom is 0.141 e. The molecule has 0 saturated heterocycles. The topological polar surface area (TPSA) is 38.1 Å². The van der Waals surface area contributed by atoms with E-state index in [2.05, 4.69) is 35.6 Å². The first-order valence-corrected chi connectivity index (χ1v) is 5.49. The van der Waals surface area contributed by atoms with Crippen molar-refractivity contribution in [3.05, 3.63) is 35.7 Å². The van der Waals surface area contributed by atoms with Gasteiger partial charge in [-0.25, -0.2) is 0 Å². The Hall–Kier alpha value is -1.77. The van der Waals surface area contributed by atoms with Crippen LogP contribution in [0.4, 0.5) is 5.69 Å². The quantitative estimate of drug-likeness (QED) is 0.854. The molecule has 0 fully saturated rings. The number of aryl methyl sites for hydroxylation is 2. The van der Waals surface area contributed by atoms with Gasteiger partial charge in [-0.1, -0.05) is 17.3 Å². The van der Waals surface area contributed by atoms with E-state index in [1.54, 1.807) is 0 Å². The van der Waals surface area contributed by atoms with Gasteiger partial charge in [0.1, 0.15) is 5.76 Å². The van der Waals surface area contributed by atoms with E-state index in [0.717, 1.165) is 34.8 Å². The molecule has 0 amide bonds. The molecule has 2 rings (SSSR count). The van der Waals surface area contributed by atoms with Crippen molar-refractivity contribution in [2.75, 3.05) is 11.9 Å². The smallest absolute Gasteiger partial charge is 0.141 e. The van der Waals surface area contributed by atoms with Gasteiger partial charge in [0.25, 0.3) is 0 Å². The zero-order valence-corrected chi connectivity index (χ0v) is 9.87. The number of aromatic nitrogens is 1. The molecule has 3 heteroatoms. The summed E-state index contributed by atoms with van der Waals surface area (Å²) in [5, 5.41) is 7.27. The zero-order valence-electron chi connectivity index (χ0n) is 9.87. The molecular weight excluding hydrogens is 200 g/mol. The number of hydrogen-bond acceptors (Lipinski definition) is 3. The molecule has 16 heavy (non-hydrogen) atoms. The highest BCUT2D eigenvalue weighted by Gasteiger charge is 2.11. The van der Waals surface area contributed by atoms with E-state index >= 15 is 0 Å². The Labute approximate surface area is 95.5 Å². The molecule has 1 N–H and O–H groups in total. The second-order valence-electron chi connectivity index (χ2n) is 3.81. The van der Waals surface area contributed by atoms with Crippen LogP contribution in [0.2, 0.25) is 0 Å². The van der Waals surface area contributed by atoms with Gasteiger partial charge in [-0.05, 0) is 38.5 Å². The molecule has 0 aliphatic heterocycles. The Kier molecular flexibility index (Phi) is 2.95. The Bertz CT molecular complexity index is 469. The second kappa shape index (κ2) is 4.39. The number of nitrogens with one attached hydrogen (secondary N) is 1. The fourth-order valence-electron chi connectivity index (χ4n) is 1.88. The van der Waals surface area contributed by atoms with Crippen LogP contribution in [0.25, 0.3) is 11.1 Å². The maximum atomic E-state index is 5.18. The minimum atomic E-state index is 0.867. The highest BCUT2D eigenvalue weighted by atomic mass is 16.5. The Morgan fingerprint density at radius 1 is 1.31 bits per heavy atom. The molecule has 0 saturated carbocycles. The number of rotatable bonds is 3. The Morgan fingerprint density at radius 2 is 2.12 bits per heavy atom. The number of anilines is 1. The van der Waals surface area contributed by atoms with Crippen molar-refractivity contribution in [1.29, 1.82) is 0 Å². The van der Waals surface area contributed by atoms with Gasteiger partial charge in [-0.2, -0.15) is 0 Å². The number of hydrogen-bond donors (Lipinski definition) is 1. The zero-order chi connectivity index (χ0) is 11.5. The molecule has 0 aliphatic carbocycles. The van der Waals surface area contributed by atoms with Crippen molar-refractivity contribution < 1.29 is 4.52 Å². The van der Waals surface area contributed by atoms with Crippen LogP contribution in [0, 0.1) is 13.8 Å². The lowest BCUT2D eigenvalue weighted by atomic mass is 10.0. The molecule has 0 bridgehead atoms. The van der Waals surface area contributed by atoms with Gasteiger partial charge in [0, 0.05) is 17.8 Å². The molecule has 0 atom stereocenters. The van der Waals surface area contributed by atoms with Crippen LogP contribution < -0.4 is 5.32 Å². The number of nitrogens with zero attached hydrogens (tertiary/aromatic N) is 1. The van der Waals surface area contributed by atoms with Gasteiger partial charge in [-0.15, -0.1) is 0 Å². The molecule has 0 radical (unpaired) electrons. The predicted octanol–water partition coefficient (Wildman–Crippen LogP) is 3.39. The van der Waals surface area contributed by atoms with E-state index in [1.165, 1.54) is 0 Å². The van der Waals surface area contributed by atoms with Crippen molar-refractivity contribution in [1.82, 2.24) is 5.16 Å². The van der Waals surface area contributed by atoms with E-state index in [1.807, 2.05) is 19.9 Å². The average Bonchev–Trinajstić information content (AvgIpc) is 2.59.